The number of aromatic nitrogens is 2. The molecule has 0 radical (unpaired) electrons. The van der Waals surface area contributed by atoms with E-state index in [1.807, 2.05) is 24.3 Å². The van der Waals surface area contributed by atoms with Gasteiger partial charge in [-0.25, -0.2) is 4.98 Å². The van der Waals surface area contributed by atoms with Crippen LogP contribution in [-0.4, -0.2) is 35.6 Å². The number of carbonyl (C=O) groups is 1. The molecule has 2 aromatic carbocycles. The summed E-state index contributed by atoms with van der Waals surface area (Å²) in [6.45, 7) is 6.63. The third kappa shape index (κ3) is 4.93. The highest BCUT2D eigenvalue weighted by Crippen LogP contribution is 2.25. The maximum Gasteiger partial charge on any atom is 0.287 e. The Balaban J connectivity index is 1.75. The Bertz CT molecular complexity index is 1070. The van der Waals surface area contributed by atoms with Crippen molar-refractivity contribution >= 4 is 22.5 Å². The number of carbonyl (C=O) groups excluding carboxylic acids is 1. The van der Waals surface area contributed by atoms with Gasteiger partial charge in [-0.05, 0) is 29.7 Å². The van der Waals surface area contributed by atoms with Crippen LogP contribution in [0.2, 0.25) is 0 Å². The molecule has 29 heavy (non-hydrogen) atoms. The van der Waals surface area contributed by atoms with Gasteiger partial charge in [0.2, 0.25) is 0 Å². The molecule has 0 aliphatic carbocycles. The van der Waals surface area contributed by atoms with Gasteiger partial charge in [0.1, 0.15) is 5.75 Å². The Hall–Kier alpha value is -3.35. The van der Waals surface area contributed by atoms with Gasteiger partial charge in [0.15, 0.2) is 5.82 Å². The first-order valence-electron chi connectivity index (χ1n) is 9.46. The van der Waals surface area contributed by atoms with E-state index >= 15 is 0 Å². The number of fused-ring (bicyclic) bond motifs is 1. The molecule has 152 valence electrons. The summed E-state index contributed by atoms with van der Waals surface area (Å²) in [5.41, 5.74) is 0.919. The summed E-state index contributed by atoms with van der Waals surface area (Å²) < 4.78 is 5.27. The van der Waals surface area contributed by atoms with Crippen LogP contribution in [0.1, 0.15) is 31.4 Å². The number of nitrogens with zero attached hydrogens (tertiary/aromatic N) is 1. The van der Waals surface area contributed by atoms with Crippen LogP contribution in [0.4, 0.5) is 5.69 Å². The van der Waals surface area contributed by atoms with Gasteiger partial charge in [-0.3, -0.25) is 9.59 Å². The molecular formula is C22H26N4O3. The molecule has 0 saturated heterocycles. The first-order valence-corrected chi connectivity index (χ1v) is 9.46. The first kappa shape index (κ1) is 20.4. The summed E-state index contributed by atoms with van der Waals surface area (Å²) in [5.74, 6) is 0.335. The SMILES string of the molecule is COc1cccc(NC(CNC(=O)c2nc3ccccc3c(=O)[nH]2)C(C)(C)C)c1. The second kappa shape index (κ2) is 8.34. The van der Waals surface area contributed by atoms with Crippen LogP contribution in [0.5, 0.6) is 5.75 Å². The van der Waals surface area contributed by atoms with Crippen molar-refractivity contribution in [1.29, 1.82) is 0 Å². The van der Waals surface area contributed by atoms with Gasteiger partial charge in [0.25, 0.3) is 11.5 Å². The van der Waals surface area contributed by atoms with Crippen molar-refractivity contribution in [2.75, 3.05) is 19.0 Å². The van der Waals surface area contributed by atoms with E-state index in [0.717, 1.165) is 11.4 Å². The molecule has 0 aliphatic heterocycles. The number of nitrogens with one attached hydrogen (secondary N) is 3. The van der Waals surface area contributed by atoms with Gasteiger partial charge in [-0.2, -0.15) is 0 Å². The van der Waals surface area contributed by atoms with Crippen LogP contribution in [0, 0.1) is 5.41 Å². The molecule has 7 nitrogen and oxygen atoms in total. The summed E-state index contributed by atoms with van der Waals surface area (Å²) in [6.07, 6.45) is 0. The summed E-state index contributed by atoms with van der Waals surface area (Å²) in [4.78, 5) is 31.7. The lowest BCUT2D eigenvalue weighted by molar-refractivity contribution is 0.0936. The fourth-order valence-corrected chi connectivity index (χ4v) is 2.96. The third-order valence-corrected chi connectivity index (χ3v) is 4.75. The highest BCUT2D eigenvalue weighted by atomic mass is 16.5. The Morgan fingerprint density at radius 2 is 1.93 bits per heavy atom. The van der Waals surface area contributed by atoms with Crippen molar-refractivity contribution in [2.45, 2.75) is 26.8 Å². The normalized spacial score (nSPS) is 12.4. The van der Waals surface area contributed by atoms with Crippen LogP contribution in [-0.2, 0) is 0 Å². The summed E-state index contributed by atoms with van der Waals surface area (Å²) >= 11 is 0. The molecule has 0 saturated carbocycles. The minimum absolute atomic E-state index is 0.00254. The molecule has 1 unspecified atom stereocenters. The molecule has 0 aliphatic rings. The maximum absolute atomic E-state index is 12.6. The number of hydrogen-bond donors (Lipinski definition) is 3. The third-order valence-electron chi connectivity index (χ3n) is 4.75. The lowest BCUT2D eigenvalue weighted by Crippen LogP contribution is -2.44. The van der Waals surface area contributed by atoms with E-state index in [9.17, 15) is 9.59 Å². The number of hydrogen-bond acceptors (Lipinski definition) is 5. The van der Waals surface area contributed by atoms with Gasteiger partial charge >= 0.3 is 0 Å². The van der Waals surface area contributed by atoms with Crippen LogP contribution < -0.4 is 20.9 Å². The van der Waals surface area contributed by atoms with Crippen molar-refractivity contribution in [3.8, 4) is 5.75 Å². The van der Waals surface area contributed by atoms with E-state index in [4.69, 9.17) is 4.74 Å². The molecule has 1 aromatic heterocycles. The van der Waals surface area contributed by atoms with Gasteiger partial charge in [-0.1, -0.05) is 39.0 Å². The van der Waals surface area contributed by atoms with Gasteiger partial charge in [0, 0.05) is 24.3 Å². The topological polar surface area (TPSA) is 96.1 Å². The van der Waals surface area contributed by atoms with E-state index < -0.39 is 5.91 Å². The Labute approximate surface area is 169 Å². The molecular weight excluding hydrogens is 368 g/mol. The quantitative estimate of drug-likeness (QED) is 0.597. The summed E-state index contributed by atoms with van der Waals surface area (Å²) in [5, 5.41) is 6.79. The average Bonchev–Trinajstić information content (AvgIpc) is 2.70. The molecule has 0 fully saturated rings. The second-order valence-corrected chi connectivity index (χ2v) is 7.94. The largest absolute Gasteiger partial charge is 0.497 e. The lowest BCUT2D eigenvalue weighted by atomic mass is 9.86. The van der Waals surface area contributed by atoms with Gasteiger partial charge in [-0.15, -0.1) is 0 Å². The number of methoxy groups -OCH3 is 1. The fraction of sp³-hybridized carbons (Fsp3) is 0.318. The number of para-hydroxylation sites is 1. The minimum Gasteiger partial charge on any atom is -0.497 e. The van der Waals surface area contributed by atoms with Crippen LogP contribution in [0.3, 0.4) is 0 Å². The zero-order valence-electron chi connectivity index (χ0n) is 17.1. The predicted octanol–water partition coefficient (Wildman–Crippen LogP) is 3.19. The number of anilines is 1. The maximum atomic E-state index is 12.6. The van der Waals surface area contributed by atoms with E-state index in [-0.39, 0.29) is 22.8 Å². The molecule has 3 aromatic rings. The van der Waals surface area contributed by atoms with Crippen LogP contribution >= 0.6 is 0 Å². The zero-order chi connectivity index (χ0) is 21.0. The number of aromatic amines is 1. The minimum atomic E-state index is -0.422. The average molecular weight is 394 g/mol. The highest BCUT2D eigenvalue weighted by Gasteiger charge is 2.25. The molecule has 1 atom stereocenters. The zero-order valence-corrected chi connectivity index (χ0v) is 17.1. The number of rotatable bonds is 6. The molecule has 0 spiro atoms. The van der Waals surface area contributed by atoms with Gasteiger partial charge in [0.05, 0.1) is 18.0 Å². The van der Waals surface area contributed by atoms with E-state index in [2.05, 4.69) is 41.4 Å². The highest BCUT2D eigenvalue weighted by molar-refractivity contribution is 5.92. The van der Waals surface area contributed by atoms with Crippen molar-refractivity contribution in [2.24, 2.45) is 5.41 Å². The van der Waals surface area contributed by atoms with Crippen molar-refractivity contribution < 1.29 is 9.53 Å². The van der Waals surface area contributed by atoms with Crippen molar-refractivity contribution in [3.63, 3.8) is 0 Å². The van der Waals surface area contributed by atoms with Crippen LogP contribution in [0.25, 0.3) is 10.9 Å². The lowest BCUT2D eigenvalue weighted by Gasteiger charge is -2.32. The molecule has 7 heteroatoms. The van der Waals surface area contributed by atoms with E-state index in [0.29, 0.717) is 17.4 Å². The van der Waals surface area contributed by atoms with E-state index in [1.165, 1.54) is 0 Å². The number of benzene rings is 2. The summed E-state index contributed by atoms with van der Waals surface area (Å²) in [6, 6.07) is 14.5. The smallest absolute Gasteiger partial charge is 0.287 e. The summed E-state index contributed by atoms with van der Waals surface area (Å²) in [7, 11) is 1.62. The predicted molar refractivity (Wildman–Crippen MR) is 115 cm³/mol. The standard InChI is InChI=1S/C22H26N4O3/c1-22(2,3)18(24-14-8-7-9-15(12-14)29-4)13-23-21(28)19-25-17-11-6-5-10-16(17)20(27)26-19/h5-12,18,24H,13H2,1-4H3,(H,23,28)(H,25,26,27). The number of ether oxygens (including phenoxy) is 1. The number of H-pyrrole nitrogens is 1. The Kier molecular flexibility index (Phi) is 5.87. The van der Waals surface area contributed by atoms with Gasteiger partial charge < -0.3 is 20.4 Å². The van der Waals surface area contributed by atoms with Crippen molar-refractivity contribution in [1.82, 2.24) is 15.3 Å². The molecule has 3 rings (SSSR count). The first-order chi connectivity index (χ1) is 13.8. The van der Waals surface area contributed by atoms with Crippen molar-refractivity contribution in [3.05, 3.63) is 64.7 Å². The molecule has 1 heterocycles. The number of amides is 1. The van der Waals surface area contributed by atoms with E-state index in [1.54, 1.807) is 31.4 Å². The Morgan fingerprint density at radius 1 is 1.17 bits per heavy atom. The molecule has 0 bridgehead atoms. The second-order valence-electron chi connectivity index (χ2n) is 7.94. The van der Waals surface area contributed by atoms with Crippen LogP contribution in [0.15, 0.2) is 53.3 Å². The fourth-order valence-electron chi connectivity index (χ4n) is 2.96. The monoisotopic (exact) mass is 394 g/mol. The Morgan fingerprint density at radius 3 is 2.66 bits per heavy atom. The molecule has 1 amide bonds. The molecule has 3 N–H and O–H groups in total.